The number of fused-ring (bicyclic) bond motifs is 2. The van der Waals surface area contributed by atoms with Gasteiger partial charge < -0.3 is 14.7 Å². The summed E-state index contributed by atoms with van der Waals surface area (Å²) in [4.78, 5) is 2.01. The molecule has 9 nitrogen and oxygen atoms in total. The maximum atomic E-state index is 14.0. The van der Waals surface area contributed by atoms with E-state index >= 15 is 0 Å². The van der Waals surface area contributed by atoms with Gasteiger partial charge in [-0.1, -0.05) is 36.4 Å². The van der Waals surface area contributed by atoms with E-state index in [2.05, 4.69) is 13.8 Å². The van der Waals surface area contributed by atoms with Gasteiger partial charge in [-0.15, -0.1) is 13.2 Å². The number of benzene rings is 3. The van der Waals surface area contributed by atoms with Gasteiger partial charge >= 0.3 is 6.36 Å². The number of piperidine rings is 1. The Balaban J connectivity index is 1.54. The molecule has 2 aliphatic rings. The molecule has 2 aliphatic heterocycles. The van der Waals surface area contributed by atoms with Crippen LogP contribution in [0, 0.1) is 0 Å². The van der Waals surface area contributed by atoms with Gasteiger partial charge in [0.05, 0.1) is 29.3 Å². The predicted octanol–water partition coefficient (Wildman–Crippen LogP) is 3.86. The highest BCUT2D eigenvalue weighted by atomic mass is 32.2. The van der Waals surface area contributed by atoms with Crippen LogP contribution in [-0.2, 0) is 32.8 Å². The summed E-state index contributed by atoms with van der Waals surface area (Å²) < 4.78 is 89.7. The molecule has 0 aromatic heterocycles. The fraction of sp³-hybridized carbons (Fsp3) is 0.357. The first-order valence-electron chi connectivity index (χ1n) is 13.2. The van der Waals surface area contributed by atoms with Crippen LogP contribution in [0.5, 0.6) is 5.75 Å². The second-order valence-electron chi connectivity index (χ2n) is 10.2. The lowest BCUT2D eigenvalue weighted by molar-refractivity contribution is -0.274. The third-order valence-corrected chi connectivity index (χ3v) is 10.8. The van der Waals surface area contributed by atoms with Gasteiger partial charge in [-0.3, -0.25) is 0 Å². The molecule has 3 aromatic rings. The zero-order valence-corrected chi connectivity index (χ0v) is 24.5. The average molecular weight is 625 g/mol. The highest BCUT2D eigenvalue weighted by Crippen LogP contribution is 2.40. The molecular formula is C28H31F3N4O5S2. The molecule has 2 N–H and O–H groups in total. The van der Waals surface area contributed by atoms with Gasteiger partial charge in [0.15, 0.2) is 0 Å². The highest BCUT2D eigenvalue weighted by Gasteiger charge is 2.44. The first-order chi connectivity index (χ1) is 19.8. The fourth-order valence-electron chi connectivity index (χ4n) is 5.53. The number of hydrogen-bond acceptors (Lipinski definition) is 7. The van der Waals surface area contributed by atoms with Gasteiger partial charge in [0, 0.05) is 31.5 Å². The Morgan fingerprint density at radius 1 is 0.905 bits per heavy atom. The maximum absolute atomic E-state index is 14.0. The molecule has 14 heteroatoms. The summed E-state index contributed by atoms with van der Waals surface area (Å²) in [5, 5.41) is 11.8. The summed E-state index contributed by atoms with van der Waals surface area (Å²) in [6.07, 6.45) is -3.54. The molecule has 0 saturated carbocycles. The van der Waals surface area contributed by atoms with E-state index in [1.165, 1.54) is 23.5 Å². The average Bonchev–Trinajstić information content (AvgIpc) is 3.10. The molecule has 4 atom stereocenters. The molecule has 0 radical (unpaired) electrons. The fourth-order valence-corrected chi connectivity index (χ4v) is 7.96. The zero-order valence-electron chi connectivity index (χ0n) is 22.9. The lowest BCUT2D eigenvalue weighted by atomic mass is 9.96. The van der Waals surface area contributed by atoms with Crippen molar-refractivity contribution < 1.29 is 35.6 Å². The molecular weight excluding hydrogens is 593 g/mol. The number of aliphatic hydroxyl groups is 1. The molecule has 0 aliphatic carbocycles. The van der Waals surface area contributed by atoms with Gasteiger partial charge in [-0.25, -0.2) is 21.7 Å². The molecule has 5 rings (SSSR count). The second-order valence-corrected chi connectivity index (χ2v) is 14.3. The van der Waals surface area contributed by atoms with Gasteiger partial charge in [0.2, 0.25) is 10.0 Å². The highest BCUT2D eigenvalue weighted by molar-refractivity contribution is 7.91. The van der Waals surface area contributed by atoms with Crippen molar-refractivity contribution in [2.75, 3.05) is 31.3 Å². The SMILES string of the molecule is CN=S(=O)(NC1CN(S(C)(=O)=O)CC(N2c3ccccc3CCc3ccccc32)C1O)c1ccc(OC(F)(F)F)cc1. The van der Waals surface area contributed by atoms with E-state index in [0.29, 0.717) is 0 Å². The Bertz CT molecular complexity index is 1630. The van der Waals surface area contributed by atoms with Crippen LogP contribution in [-0.4, -0.2) is 73.0 Å². The van der Waals surface area contributed by atoms with Gasteiger partial charge in [0.25, 0.3) is 0 Å². The van der Waals surface area contributed by atoms with Crippen molar-refractivity contribution >= 4 is 31.3 Å². The first-order valence-corrected chi connectivity index (χ1v) is 16.5. The van der Waals surface area contributed by atoms with E-state index in [-0.39, 0.29) is 18.0 Å². The maximum Gasteiger partial charge on any atom is 0.573 e. The number of sulfonamides is 1. The number of aryl methyl sites for hydroxylation is 2. The lowest BCUT2D eigenvalue weighted by Gasteiger charge is -2.46. The Morgan fingerprint density at radius 2 is 1.45 bits per heavy atom. The first kappa shape index (κ1) is 30.3. The summed E-state index contributed by atoms with van der Waals surface area (Å²) in [5.74, 6) is -0.497. The Hall–Kier alpha value is -3.17. The molecule has 1 saturated heterocycles. The molecule has 4 unspecified atom stereocenters. The number of aliphatic hydroxyl groups excluding tert-OH is 1. The van der Waals surface area contributed by atoms with E-state index < -0.39 is 50.2 Å². The quantitative estimate of drug-likeness (QED) is 0.431. The minimum absolute atomic E-state index is 0.0330. The van der Waals surface area contributed by atoms with Gasteiger partial charge in [-0.05, 0) is 60.4 Å². The summed E-state index contributed by atoms with van der Waals surface area (Å²) >= 11 is 0. The van der Waals surface area contributed by atoms with Crippen molar-refractivity contribution in [3.8, 4) is 5.75 Å². The molecule has 0 bridgehead atoms. The van der Waals surface area contributed by atoms with Gasteiger partial charge in [-0.2, -0.15) is 4.31 Å². The Morgan fingerprint density at radius 3 is 1.95 bits per heavy atom. The second kappa shape index (κ2) is 11.5. The zero-order chi connectivity index (χ0) is 30.3. The lowest BCUT2D eigenvalue weighted by Crippen LogP contribution is -2.65. The van der Waals surface area contributed by atoms with E-state index in [9.17, 15) is 30.9 Å². The normalized spacial score (nSPS) is 22.8. The molecule has 0 amide bonds. The third-order valence-electron chi connectivity index (χ3n) is 7.51. The number of hydrogen-bond donors (Lipinski definition) is 2. The van der Waals surface area contributed by atoms with Crippen LogP contribution >= 0.6 is 0 Å². The van der Waals surface area contributed by atoms with Gasteiger partial charge in [0.1, 0.15) is 15.7 Å². The minimum atomic E-state index is -4.89. The van der Waals surface area contributed by atoms with Crippen molar-refractivity contribution in [1.29, 1.82) is 0 Å². The number of ether oxygens (including phenoxy) is 1. The number of nitrogens with one attached hydrogen (secondary N) is 1. The van der Waals surface area contributed by atoms with E-state index in [1.54, 1.807) is 0 Å². The molecule has 2 heterocycles. The monoisotopic (exact) mass is 624 g/mol. The largest absolute Gasteiger partial charge is 0.573 e. The van der Waals surface area contributed by atoms with Crippen LogP contribution in [0.1, 0.15) is 11.1 Å². The van der Waals surface area contributed by atoms with Crippen LogP contribution in [0.4, 0.5) is 24.5 Å². The van der Waals surface area contributed by atoms with Crippen molar-refractivity contribution in [1.82, 2.24) is 9.03 Å². The number of anilines is 2. The van der Waals surface area contributed by atoms with Crippen LogP contribution in [0.3, 0.4) is 0 Å². The summed E-state index contributed by atoms with van der Waals surface area (Å²) in [5.41, 5.74) is 3.74. The smallest absolute Gasteiger partial charge is 0.406 e. The third kappa shape index (κ3) is 6.27. The summed E-state index contributed by atoms with van der Waals surface area (Å²) in [6.45, 7) is -0.232. The van der Waals surface area contributed by atoms with Crippen LogP contribution in [0.25, 0.3) is 0 Å². The van der Waals surface area contributed by atoms with Crippen LogP contribution in [0.15, 0.2) is 82.1 Å². The number of halogens is 3. The predicted molar refractivity (Wildman–Crippen MR) is 153 cm³/mol. The van der Waals surface area contributed by atoms with E-state index in [1.807, 2.05) is 53.4 Å². The van der Waals surface area contributed by atoms with E-state index in [4.69, 9.17) is 0 Å². The van der Waals surface area contributed by atoms with Crippen molar-refractivity contribution in [3.63, 3.8) is 0 Å². The van der Waals surface area contributed by atoms with Crippen molar-refractivity contribution in [2.45, 2.75) is 42.3 Å². The molecule has 1 fully saturated rings. The van der Waals surface area contributed by atoms with E-state index in [0.717, 1.165) is 53.7 Å². The summed E-state index contributed by atoms with van der Waals surface area (Å²) in [6, 6.07) is 18.1. The topological polar surface area (TPSA) is 112 Å². The Labute approximate surface area is 243 Å². The number of rotatable bonds is 6. The number of nitrogens with zero attached hydrogens (tertiary/aromatic N) is 3. The number of alkyl halides is 3. The molecule has 42 heavy (non-hydrogen) atoms. The van der Waals surface area contributed by atoms with Crippen molar-refractivity contribution in [2.24, 2.45) is 4.36 Å². The minimum Gasteiger partial charge on any atom is -0.406 e. The van der Waals surface area contributed by atoms with Crippen LogP contribution in [0.2, 0.25) is 0 Å². The Kier molecular flexibility index (Phi) is 8.29. The standard InChI is InChI=1S/C28H31F3N4O5S2/c1-32-42(39,22-15-13-21(14-16-22)40-28(29,30)31)33-23-17-34(41(2,37)38)18-26(27(23)36)35-24-9-5-3-7-19(24)11-12-20-8-4-6-10-25(20)35/h3-10,13-16,23,26-27,36H,11-12,17-18H2,1-2H3,(H,32,33,39). The molecule has 226 valence electrons. The van der Waals surface area contributed by atoms with Crippen LogP contribution < -0.4 is 14.4 Å². The summed E-state index contributed by atoms with van der Waals surface area (Å²) in [7, 11) is -5.99. The molecule has 3 aromatic carbocycles. The number of para-hydroxylation sites is 2. The van der Waals surface area contributed by atoms with Crippen molar-refractivity contribution in [3.05, 3.63) is 83.9 Å². The molecule has 0 spiro atoms.